The summed E-state index contributed by atoms with van der Waals surface area (Å²) >= 11 is 0. The van der Waals surface area contributed by atoms with Crippen LogP contribution in [0.15, 0.2) is 60.8 Å². The van der Waals surface area contributed by atoms with Gasteiger partial charge in [-0.1, -0.05) is 242 Å². The maximum Gasteiger partial charge on any atom is 0.306 e. The zero-order valence-electron chi connectivity index (χ0n) is 41.6. The summed E-state index contributed by atoms with van der Waals surface area (Å²) in [5.41, 5.74) is 0. The molecule has 0 N–H and O–H groups in total. The molecule has 6 nitrogen and oxygen atoms in total. The van der Waals surface area contributed by atoms with Gasteiger partial charge < -0.3 is 14.2 Å². The van der Waals surface area contributed by atoms with Crippen LogP contribution < -0.4 is 0 Å². The lowest BCUT2D eigenvalue weighted by Crippen LogP contribution is -2.30. The van der Waals surface area contributed by atoms with Gasteiger partial charge in [0, 0.05) is 19.3 Å². The molecule has 63 heavy (non-hydrogen) atoms. The van der Waals surface area contributed by atoms with E-state index >= 15 is 0 Å². The molecule has 0 radical (unpaired) electrons. The summed E-state index contributed by atoms with van der Waals surface area (Å²) in [4.78, 5) is 37.2. The minimum Gasteiger partial charge on any atom is -0.462 e. The Morgan fingerprint density at radius 3 is 0.968 bits per heavy atom. The molecule has 6 heteroatoms. The summed E-state index contributed by atoms with van der Waals surface area (Å²) in [6.45, 7) is 6.35. The van der Waals surface area contributed by atoms with E-state index in [2.05, 4.69) is 81.5 Å². The molecule has 0 amide bonds. The van der Waals surface area contributed by atoms with E-state index in [1.165, 1.54) is 122 Å². The molecule has 0 aromatic heterocycles. The van der Waals surface area contributed by atoms with E-state index in [0.717, 1.165) is 103 Å². The van der Waals surface area contributed by atoms with Crippen molar-refractivity contribution in [3.8, 4) is 0 Å². The maximum atomic E-state index is 12.5. The molecule has 1 unspecified atom stereocenters. The number of allylic oxidation sites excluding steroid dienone is 10. The smallest absolute Gasteiger partial charge is 0.306 e. The number of rotatable bonds is 48. The Bertz CT molecular complexity index is 1150. The molecule has 0 spiro atoms. The van der Waals surface area contributed by atoms with Crippen molar-refractivity contribution in [2.24, 2.45) is 0 Å². The third kappa shape index (κ3) is 50.0. The highest BCUT2D eigenvalue weighted by atomic mass is 16.6. The Hall–Kier alpha value is -2.89. The molecular formula is C57H100O6. The Balaban J connectivity index is 3.71. The first kappa shape index (κ1) is 60.1. The Kier molecular flexibility index (Phi) is 49.4. The van der Waals surface area contributed by atoms with Crippen molar-refractivity contribution in [2.45, 2.75) is 271 Å². The molecule has 0 bridgehead atoms. The van der Waals surface area contributed by atoms with Crippen LogP contribution in [0.1, 0.15) is 265 Å². The van der Waals surface area contributed by atoms with Crippen molar-refractivity contribution in [3.63, 3.8) is 0 Å². The molecule has 0 fully saturated rings. The Morgan fingerprint density at radius 2 is 0.619 bits per heavy atom. The second-order valence-corrected chi connectivity index (χ2v) is 17.8. The zero-order chi connectivity index (χ0) is 45.8. The monoisotopic (exact) mass is 881 g/mol. The van der Waals surface area contributed by atoms with Gasteiger partial charge in [-0.05, 0) is 64.2 Å². The van der Waals surface area contributed by atoms with Crippen molar-refractivity contribution < 1.29 is 28.6 Å². The van der Waals surface area contributed by atoms with Gasteiger partial charge >= 0.3 is 17.9 Å². The van der Waals surface area contributed by atoms with Crippen LogP contribution in [0.3, 0.4) is 0 Å². The molecular weight excluding hydrogens is 781 g/mol. The predicted octanol–water partition coefficient (Wildman–Crippen LogP) is 17.6. The van der Waals surface area contributed by atoms with Crippen LogP contribution >= 0.6 is 0 Å². The Labute approximate surface area is 390 Å². The van der Waals surface area contributed by atoms with Crippen LogP contribution in [0.25, 0.3) is 0 Å². The van der Waals surface area contributed by atoms with E-state index in [4.69, 9.17) is 14.2 Å². The number of carbonyl (C=O) groups excluding carboxylic acids is 3. The molecule has 0 aliphatic heterocycles. The summed E-state index contributed by atoms with van der Waals surface area (Å²) in [6, 6.07) is 0. The molecule has 364 valence electrons. The van der Waals surface area contributed by atoms with E-state index < -0.39 is 6.10 Å². The van der Waals surface area contributed by atoms with Crippen molar-refractivity contribution >= 4 is 17.9 Å². The normalized spacial score (nSPS) is 12.5. The lowest BCUT2D eigenvalue weighted by molar-refractivity contribution is -0.167. The molecule has 1 atom stereocenters. The van der Waals surface area contributed by atoms with Crippen LogP contribution in [-0.4, -0.2) is 37.2 Å². The molecule has 0 rings (SSSR count). The van der Waals surface area contributed by atoms with Crippen molar-refractivity contribution in [2.75, 3.05) is 13.2 Å². The van der Waals surface area contributed by atoms with Crippen LogP contribution in [0.5, 0.6) is 0 Å². The first-order chi connectivity index (χ1) is 31.0. The van der Waals surface area contributed by atoms with Gasteiger partial charge in [0.15, 0.2) is 6.10 Å². The molecule has 0 saturated heterocycles. The van der Waals surface area contributed by atoms with Gasteiger partial charge in [0.2, 0.25) is 0 Å². The minimum absolute atomic E-state index is 0.0709. The number of hydrogen-bond acceptors (Lipinski definition) is 6. The van der Waals surface area contributed by atoms with Gasteiger partial charge in [0.1, 0.15) is 13.2 Å². The number of hydrogen-bond donors (Lipinski definition) is 0. The third-order valence-electron chi connectivity index (χ3n) is 11.5. The maximum absolute atomic E-state index is 12.5. The van der Waals surface area contributed by atoms with E-state index in [9.17, 15) is 14.4 Å². The average molecular weight is 881 g/mol. The van der Waals surface area contributed by atoms with E-state index in [-0.39, 0.29) is 31.1 Å². The lowest BCUT2D eigenvalue weighted by Gasteiger charge is -2.18. The van der Waals surface area contributed by atoms with Gasteiger partial charge in [-0.2, -0.15) is 0 Å². The van der Waals surface area contributed by atoms with Crippen molar-refractivity contribution in [1.29, 1.82) is 0 Å². The molecule has 0 aromatic carbocycles. The number of ether oxygens (including phenoxy) is 3. The molecule has 0 saturated carbocycles. The zero-order valence-corrected chi connectivity index (χ0v) is 41.6. The largest absolute Gasteiger partial charge is 0.462 e. The van der Waals surface area contributed by atoms with Crippen LogP contribution in [0.2, 0.25) is 0 Å². The summed E-state index contributed by atoms with van der Waals surface area (Å²) in [5, 5.41) is 0. The summed E-state index contributed by atoms with van der Waals surface area (Å²) in [5.74, 6) is -0.895. The number of esters is 3. The van der Waals surface area contributed by atoms with Crippen LogP contribution in [0.4, 0.5) is 0 Å². The average Bonchev–Trinajstić information content (AvgIpc) is 3.28. The summed E-state index contributed by atoms with van der Waals surface area (Å²) < 4.78 is 16.5. The number of carbonyl (C=O) groups is 3. The quantitative estimate of drug-likeness (QED) is 0.0262. The SMILES string of the molecule is CC/C=C\C/C=C\C/C=C\C/C=C\C/C=C\CCCCCCCCCCCCCCCCCCCCCC(=O)OCC(COC(=O)CCCCCCC)OC(=O)CCCCCCC. The predicted molar refractivity (Wildman–Crippen MR) is 270 cm³/mol. The topological polar surface area (TPSA) is 78.9 Å². The fourth-order valence-corrected chi connectivity index (χ4v) is 7.53. The van der Waals surface area contributed by atoms with E-state index in [0.29, 0.717) is 19.3 Å². The second kappa shape index (κ2) is 51.7. The van der Waals surface area contributed by atoms with Gasteiger partial charge in [-0.3, -0.25) is 14.4 Å². The molecule has 0 heterocycles. The molecule has 0 aliphatic rings. The van der Waals surface area contributed by atoms with Crippen molar-refractivity contribution in [1.82, 2.24) is 0 Å². The second-order valence-electron chi connectivity index (χ2n) is 17.8. The third-order valence-corrected chi connectivity index (χ3v) is 11.5. The van der Waals surface area contributed by atoms with Gasteiger partial charge in [-0.25, -0.2) is 0 Å². The standard InChI is InChI=1S/C57H100O6/c1-4-7-10-13-14-15-16-17-18-19-20-21-22-23-24-25-26-27-28-29-30-31-32-33-34-35-36-37-38-39-40-41-42-45-47-50-56(59)62-53-54(63-57(60)51-48-44-12-9-6-3)52-61-55(58)49-46-43-11-8-5-2/h7,10,14-15,17-18,20-21,23-24,54H,4-6,8-9,11-13,16,19,22,25-53H2,1-3H3/b10-7-,15-14-,18-17-,21-20-,24-23-. The Morgan fingerprint density at radius 1 is 0.333 bits per heavy atom. The lowest BCUT2D eigenvalue weighted by atomic mass is 10.0. The van der Waals surface area contributed by atoms with E-state index in [1.54, 1.807) is 0 Å². The van der Waals surface area contributed by atoms with Crippen LogP contribution in [-0.2, 0) is 28.6 Å². The number of unbranched alkanes of at least 4 members (excludes halogenated alkanes) is 27. The highest BCUT2D eigenvalue weighted by molar-refractivity contribution is 5.71. The van der Waals surface area contributed by atoms with Gasteiger partial charge in [-0.15, -0.1) is 0 Å². The highest BCUT2D eigenvalue weighted by Crippen LogP contribution is 2.16. The van der Waals surface area contributed by atoms with Gasteiger partial charge in [0.25, 0.3) is 0 Å². The van der Waals surface area contributed by atoms with E-state index in [1.807, 2.05) is 0 Å². The molecule has 0 aromatic rings. The minimum atomic E-state index is -0.760. The molecule has 0 aliphatic carbocycles. The summed E-state index contributed by atoms with van der Waals surface area (Å²) in [6.07, 6.45) is 64.7. The highest BCUT2D eigenvalue weighted by Gasteiger charge is 2.19. The fraction of sp³-hybridized carbons (Fsp3) is 0.772. The van der Waals surface area contributed by atoms with Gasteiger partial charge in [0.05, 0.1) is 0 Å². The fourth-order valence-electron chi connectivity index (χ4n) is 7.53. The van der Waals surface area contributed by atoms with Crippen LogP contribution in [0, 0.1) is 0 Å². The van der Waals surface area contributed by atoms with Crippen molar-refractivity contribution in [3.05, 3.63) is 60.8 Å². The summed E-state index contributed by atoms with van der Waals surface area (Å²) in [7, 11) is 0. The first-order valence-electron chi connectivity index (χ1n) is 26.8. The first-order valence-corrected chi connectivity index (χ1v) is 26.8.